The van der Waals surface area contributed by atoms with Crippen molar-refractivity contribution >= 4 is 17.3 Å². The lowest BCUT2D eigenvalue weighted by Crippen LogP contribution is -2.29. The topological polar surface area (TPSA) is 51.2 Å². The molecule has 3 heteroatoms. The van der Waals surface area contributed by atoms with Crippen LogP contribution in [0.15, 0.2) is 12.1 Å². The first-order valence-corrected chi connectivity index (χ1v) is 12.4. The third-order valence-corrected chi connectivity index (χ3v) is 7.22. The summed E-state index contributed by atoms with van der Waals surface area (Å²) in [5, 5.41) is 0. The van der Waals surface area contributed by atoms with E-state index in [9.17, 15) is 14.4 Å². The number of aryl methyl sites for hydroxylation is 1. The van der Waals surface area contributed by atoms with Crippen molar-refractivity contribution in [2.75, 3.05) is 0 Å². The van der Waals surface area contributed by atoms with Crippen molar-refractivity contribution in [3.8, 4) is 0 Å². The van der Waals surface area contributed by atoms with Gasteiger partial charge in [0.05, 0.1) is 6.42 Å². The van der Waals surface area contributed by atoms with Gasteiger partial charge in [0.25, 0.3) is 0 Å². The van der Waals surface area contributed by atoms with Crippen molar-refractivity contribution in [2.24, 2.45) is 17.8 Å². The van der Waals surface area contributed by atoms with E-state index >= 15 is 0 Å². The van der Waals surface area contributed by atoms with Gasteiger partial charge in [-0.3, -0.25) is 14.4 Å². The molecule has 2 aliphatic carbocycles. The van der Waals surface area contributed by atoms with Crippen LogP contribution >= 0.6 is 0 Å². The Morgan fingerprint density at radius 2 is 1.68 bits per heavy atom. The smallest absolute Gasteiger partial charge is 0.163 e. The summed E-state index contributed by atoms with van der Waals surface area (Å²) in [4.78, 5) is 36.8. The van der Waals surface area contributed by atoms with Crippen LogP contribution in [0.5, 0.6) is 0 Å². The fourth-order valence-corrected chi connectivity index (χ4v) is 5.08. The zero-order valence-corrected chi connectivity index (χ0v) is 20.4. The summed E-state index contributed by atoms with van der Waals surface area (Å²) in [6.07, 6.45) is 11.2. The third-order valence-electron chi connectivity index (χ3n) is 7.22. The number of rotatable bonds is 9. The number of fused-ring (bicyclic) bond motifs is 1. The molecule has 0 heterocycles. The molecular weight excluding hydrogens is 384 g/mol. The predicted octanol–water partition coefficient (Wildman–Crippen LogP) is 6.99. The molecule has 31 heavy (non-hydrogen) atoms. The number of carbonyl (C=O) groups is 3. The Hall–Kier alpha value is -1.77. The van der Waals surface area contributed by atoms with Crippen molar-refractivity contribution in [3.63, 3.8) is 0 Å². The number of benzene rings is 1. The average Bonchev–Trinajstić information content (AvgIpc) is 2.63. The lowest BCUT2D eigenvalue weighted by molar-refractivity contribution is -0.129. The number of hydrogen-bond acceptors (Lipinski definition) is 3. The van der Waals surface area contributed by atoms with Crippen LogP contribution in [0.2, 0.25) is 0 Å². The Balaban J connectivity index is 0.000000762. The minimum atomic E-state index is -0.0647. The average molecular weight is 427 g/mol. The normalized spacial score (nSPS) is 19.4. The van der Waals surface area contributed by atoms with E-state index in [0.29, 0.717) is 12.3 Å². The summed E-state index contributed by atoms with van der Waals surface area (Å²) in [5.41, 5.74) is 4.38. The van der Waals surface area contributed by atoms with Gasteiger partial charge in [-0.15, -0.1) is 0 Å². The van der Waals surface area contributed by atoms with Crippen LogP contribution in [0, 0.1) is 31.6 Å². The van der Waals surface area contributed by atoms with Crippen molar-refractivity contribution in [1.82, 2.24) is 0 Å². The van der Waals surface area contributed by atoms with E-state index in [0.717, 1.165) is 48.8 Å². The molecule has 0 radical (unpaired) electrons. The van der Waals surface area contributed by atoms with Crippen molar-refractivity contribution in [3.05, 3.63) is 34.4 Å². The van der Waals surface area contributed by atoms with Crippen LogP contribution in [0.4, 0.5) is 0 Å². The zero-order valence-electron chi connectivity index (χ0n) is 20.4. The van der Waals surface area contributed by atoms with E-state index in [1.165, 1.54) is 38.2 Å². The van der Waals surface area contributed by atoms with Crippen molar-refractivity contribution in [2.45, 2.75) is 105 Å². The SMILES string of the molecule is C1CCC1.CCCC(CC1CC(=O)c2c(ccc(C)c2C)C1)C(CC)C(=O)CC(C)=O. The Morgan fingerprint density at radius 3 is 2.19 bits per heavy atom. The number of hydrogen-bond donors (Lipinski definition) is 0. The molecule has 3 unspecified atom stereocenters. The quantitative estimate of drug-likeness (QED) is 0.400. The number of Topliss-reactive ketones (excluding diaryl/α,β-unsaturated/α-hetero) is 3. The largest absolute Gasteiger partial charge is 0.300 e. The highest BCUT2D eigenvalue weighted by Gasteiger charge is 2.33. The molecule has 0 aliphatic heterocycles. The van der Waals surface area contributed by atoms with E-state index in [-0.39, 0.29) is 35.6 Å². The maximum absolute atomic E-state index is 12.8. The van der Waals surface area contributed by atoms with Crippen LogP contribution in [-0.4, -0.2) is 17.3 Å². The van der Waals surface area contributed by atoms with E-state index in [2.05, 4.69) is 26.0 Å². The molecule has 0 N–H and O–H groups in total. The van der Waals surface area contributed by atoms with E-state index in [1.54, 1.807) is 0 Å². The van der Waals surface area contributed by atoms with Gasteiger partial charge in [0.2, 0.25) is 0 Å². The van der Waals surface area contributed by atoms with Crippen LogP contribution < -0.4 is 0 Å². The molecule has 1 fully saturated rings. The summed E-state index contributed by atoms with van der Waals surface area (Å²) < 4.78 is 0. The van der Waals surface area contributed by atoms with E-state index in [1.807, 2.05) is 13.8 Å². The molecular formula is C28H42O3. The van der Waals surface area contributed by atoms with Gasteiger partial charge in [-0.25, -0.2) is 0 Å². The van der Waals surface area contributed by atoms with Crippen LogP contribution in [-0.2, 0) is 16.0 Å². The Bertz CT molecular complexity index is 769. The molecule has 0 spiro atoms. The van der Waals surface area contributed by atoms with Gasteiger partial charge >= 0.3 is 0 Å². The minimum Gasteiger partial charge on any atom is -0.300 e. The standard InChI is InChI=1S/C24H34O3.C4H8/c1-6-8-19(21(7-2)22(26)11-16(4)25)12-18-13-20-10-9-15(3)17(5)24(20)23(27)14-18;1-2-4-3-1/h9-10,18-19,21H,6-8,11-14H2,1-5H3;1-4H2. The summed E-state index contributed by atoms with van der Waals surface area (Å²) >= 11 is 0. The Labute approximate surface area is 189 Å². The van der Waals surface area contributed by atoms with E-state index in [4.69, 9.17) is 0 Å². The molecule has 172 valence electrons. The van der Waals surface area contributed by atoms with Crippen LogP contribution in [0.3, 0.4) is 0 Å². The van der Waals surface area contributed by atoms with Gasteiger partial charge in [0, 0.05) is 17.9 Å². The highest BCUT2D eigenvalue weighted by Crippen LogP contribution is 2.36. The molecule has 3 rings (SSSR count). The summed E-state index contributed by atoms with van der Waals surface area (Å²) in [6, 6.07) is 4.22. The second-order valence-electron chi connectivity index (χ2n) is 9.80. The van der Waals surface area contributed by atoms with Crippen LogP contribution in [0.25, 0.3) is 0 Å². The number of ketones is 3. The second-order valence-corrected chi connectivity index (χ2v) is 9.80. The molecule has 1 saturated carbocycles. The molecule has 0 saturated heterocycles. The first-order chi connectivity index (χ1) is 14.8. The molecule has 1 aromatic rings. The van der Waals surface area contributed by atoms with E-state index < -0.39 is 0 Å². The molecule has 0 aromatic heterocycles. The predicted molar refractivity (Wildman–Crippen MR) is 128 cm³/mol. The Kier molecular flexibility index (Phi) is 10.1. The highest BCUT2D eigenvalue weighted by atomic mass is 16.1. The van der Waals surface area contributed by atoms with Gasteiger partial charge in [-0.2, -0.15) is 0 Å². The first kappa shape index (κ1) is 25.5. The maximum atomic E-state index is 12.8. The maximum Gasteiger partial charge on any atom is 0.163 e. The molecule has 2 aliphatic rings. The third kappa shape index (κ3) is 7.12. The highest BCUT2D eigenvalue weighted by molar-refractivity contribution is 6.00. The first-order valence-electron chi connectivity index (χ1n) is 12.4. The van der Waals surface area contributed by atoms with Gasteiger partial charge in [0.15, 0.2) is 5.78 Å². The molecule has 3 nitrogen and oxygen atoms in total. The van der Waals surface area contributed by atoms with Crippen molar-refractivity contribution < 1.29 is 14.4 Å². The van der Waals surface area contributed by atoms with Crippen molar-refractivity contribution in [1.29, 1.82) is 0 Å². The van der Waals surface area contributed by atoms with Gasteiger partial charge in [-0.05, 0) is 68.6 Å². The van der Waals surface area contributed by atoms with Gasteiger partial charge in [0.1, 0.15) is 11.6 Å². The zero-order chi connectivity index (χ0) is 23.0. The van der Waals surface area contributed by atoms with Gasteiger partial charge in [-0.1, -0.05) is 64.5 Å². The lowest BCUT2D eigenvalue weighted by Gasteiger charge is -2.32. The lowest BCUT2D eigenvalue weighted by atomic mass is 9.72. The van der Waals surface area contributed by atoms with Crippen LogP contribution in [0.1, 0.15) is 112 Å². The number of carbonyl (C=O) groups excluding carboxylic acids is 3. The minimum absolute atomic E-state index is 0.0453. The molecule has 0 bridgehead atoms. The fourth-order valence-electron chi connectivity index (χ4n) is 5.08. The second kappa shape index (κ2) is 12.3. The fraction of sp³-hybridized carbons (Fsp3) is 0.679. The Morgan fingerprint density at radius 1 is 1.03 bits per heavy atom. The molecule has 3 atom stereocenters. The molecule has 1 aromatic carbocycles. The summed E-state index contributed by atoms with van der Waals surface area (Å²) in [5.74, 6) is 0.769. The summed E-state index contributed by atoms with van der Waals surface area (Å²) in [6.45, 7) is 9.76. The van der Waals surface area contributed by atoms with Gasteiger partial charge < -0.3 is 0 Å². The molecule has 0 amide bonds. The monoisotopic (exact) mass is 426 g/mol. The summed E-state index contributed by atoms with van der Waals surface area (Å²) in [7, 11) is 0.